The van der Waals surface area contributed by atoms with Crippen LogP contribution in [0.25, 0.3) is 11.8 Å². The molecule has 0 N–H and O–H groups in total. The van der Waals surface area contributed by atoms with Crippen LogP contribution in [0, 0.1) is 0 Å². The number of fused-ring (bicyclic) bond motifs is 1. The first-order valence-corrected chi connectivity index (χ1v) is 14.9. The van der Waals surface area contributed by atoms with Crippen LogP contribution in [0.15, 0.2) is 86.6 Å². The van der Waals surface area contributed by atoms with Crippen molar-refractivity contribution >= 4 is 50.7 Å². The van der Waals surface area contributed by atoms with Gasteiger partial charge >= 0.3 is 5.97 Å². The van der Waals surface area contributed by atoms with Crippen LogP contribution < -0.4 is 29.3 Å². The average molecular weight is 649 g/mol. The SMILES string of the molecule is CCOC(=O)C1=C(c2ccccc2)N=c2s/c(=C/c3ccc(N(C)C)c(Br)c3)c(=O)n2C1c1cccc(OC)c1OC. The fourth-order valence-corrected chi connectivity index (χ4v) is 6.74. The summed E-state index contributed by atoms with van der Waals surface area (Å²) in [6.07, 6.45) is 1.84. The zero-order chi connectivity index (χ0) is 30.0. The van der Waals surface area contributed by atoms with E-state index in [1.54, 1.807) is 30.7 Å². The van der Waals surface area contributed by atoms with Crippen molar-refractivity contribution < 1.29 is 19.0 Å². The molecule has 216 valence electrons. The van der Waals surface area contributed by atoms with Gasteiger partial charge in [0.15, 0.2) is 16.3 Å². The van der Waals surface area contributed by atoms with Gasteiger partial charge in [0.05, 0.1) is 42.3 Å². The molecule has 0 saturated carbocycles. The second kappa shape index (κ2) is 12.4. The van der Waals surface area contributed by atoms with Crippen molar-refractivity contribution in [2.45, 2.75) is 13.0 Å². The van der Waals surface area contributed by atoms with Crippen molar-refractivity contribution in [3.05, 3.63) is 113 Å². The highest BCUT2D eigenvalue weighted by molar-refractivity contribution is 9.10. The van der Waals surface area contributed by atoms with E-state index in [0.717, 1.165) is 21.3 Å². The molecule has 4 aromatic rings. The standard InChI is InChI=1S/C32H30BrN3O5S/c1-6-41-31(38)26-27(20-11-8-7-9-12-20)34-32-36(28(26)21-13-10-14-24(39-4)29(21)40-5)30(37)25(42-32)18-19-15-16-23(35(2)3)22(33)17-19/h7-18,28H,6H2,1-5H3/b25-18+. The number of rotatable bonds is 8. The first-order valence-electron chi connectivity index (χ1n) is 13.2. The molecule has 0 spiro atoms. The van der Waals surface area contributed by atoms with Crippen LogP contribution in [0.5, 0.6) is 11.5 Å². The van der Waals surface area contributed by atoms with E-state index in [2.05, 4.69) is 15.9 Å². The Balaban J connectivity index is 1.84. The molecule has 1 aromatic heterocycles. The Morgan fingerprint density at radius 1 is 1.07 bits per heavy atom. The van der Waals surface area contributed by atoms with Gasteiger partial charge in [0.2, 0.25) is 0 Å². The number of halogens is 1. The van der Waals surface area contributed by atoms with E-state index in [1.807, 2.05) is 79.7 Å². The van der Waals surface area contributed by atoms with Gasteiger partial charge in [-0.05, 0) is 52.7 Å². The molecule has 1 unspecified atom stereocenters. The molecule has 1 aliphatic heterocycles. The highest BCUT2D eigenvalue weighted by Crippen LogP contribution is 2.42. The Morgan fingerprint density at radius 2 is 1.83 bits per heavy atom. The first-order chi connectivity index (χ1) is 20.3. The minimum absolute atomic E-state index is 0.161. The average Bonchev–Trinajstić information content (AvgIpc) is 3.30. The summed E-state index contributed by atoms with van der Waals surface area (Å²) in [4.78, 5) is 35.3. The van der Waals surface area contributed by atoms with Crippen molar-refractivity contribution in [2.75, 3.05) is 39.8 Å². The summed E-state index contributed by atoms with van der Waals surface area (Å²) in [7, 11) is 7.02. The number of benzene rings is 3. The summed E-state index contributed by atoms with van der Waals surface area (Å²) in [6.45, 7) is 1.91. The van der Waals surface area contributed by atoms with Crippen molar-refractivity contribution in [2.24, 2.45) is 4.99 Å². The maximum atomic E-state index is 14.2. The number of ether oxygens (including phenoxy) is 3. The van der Waals surface area contributed by atoms with E-state index in [1.165, 1.54) is 18.4 Å². The number of thiazole rings is 1. The fraction of sp³-hybridized carbons (Fsp3) is 0.219. The van der Waals surface area contributed by atoms with Crippen LogP contribution in [0.1, 0.15) is 29.7 Å². The van der Waals surface area contributed by atoms with Gasteiger partial charge < -0.3 is 19.1 Å². The molecular formula is C32H30BrN3O5S. The van der Waals surface area contributed by atoms with E-state index in [9.17, 15) is 9.59 Å². The lowest BCUT2D eigenvalue weighted by Crippen LogP contribution is -2.40. The summed E-state index contributed by atoms with van der Waals surface area (Å²) in [5, 5.41) is 0. The molecule has 0 bridgehead atoms. The molecule has 5 rings (SSSR count). The monoisotopic (exact) mass is 647 g/mol. The molecule has 0 amide bonds. The van der Waals surface area contributed by atoms with Gasteiger partial charge in [-0.25, -0.2) is 9.79 Å². The topological polar surface area (TPSA) is 82.4 Å². The number of methoxy groups -OCH3 is 2. The van der Waals surface area contributed by atoms with Gasteiger partial charge in [0.25, 0.3) is 5.56 Å². The third kappa shape index (κ3) is 5.39. The summed E-state index contributed by atoms with van der Waals surface area (Å²) in [5.41, 5.74) is 3.57. The molecule has 1 atom stereocenters. The van der Waals surface area contributed by atoms with Crippen LogP contribution in [-0.4, -0.2) is 45.5 Å². The zero-order valence-electron chi connectivity index (χ0n) is 23.9. The molecule has 10 heteroatoms. The zero-order valence-corrected chi connectivity index (χ0v) is 26.3. The highest BCUT2D eigenvalue weighted by Gasteiger charge is 2.37. The Kier molecular flexibility index (Phi) is 8.65. The number of anilines is 1. The number of aromatic nitrogens is 1. The lowest BCUT2D eigenvalue weighted by molar-refractivity contribution is -0.138. The van der Waals surface area contributed by atoms with E-state index >= 15 is 0 Å². The van der Waals surface area contributed by atoms with Gasteiger partial charge in [-0.15, -0.1) is 0 Å². The van der Waals surface area contributed by atoms with Crippen molar-refractivity contribution in [1.29, 1.82) is 0 Å². The second-order valence-electron chi connectivity index (χ2n) is 9.62. The minimum atomic E-state index is -0.884. The molecule has 8 nitrogen and oxygen atoms in total. The van der Waals surface area contributed by atoms with Crippen LogP contribution >= 0.6 is 27.3 Å². The molecule has 0 fully saturated rings. The number of esters is 1. The van der Waals surface area contributed by atoms with Crippen LogP contribution in [0.4, 0.5) is 5.69 Å². The number of carbonyl (C=O) groups excluding carboxylic acids is 1. The summed E-state index contributed by atoms with van der Waals surface area (Å²) in [5.74, 6) is 0.329. The maximum absolute atomic E-state index is 14.2. The van der Waals surface area contributed by atoms with Gasteiger partial charge in [-0.1, -0.05) is 59.9 Å². The second-order valence-corrected chi connectivity index (χ2v) is 11.5. The lowest BCUT2D eigenvalue weighted by atomic mass is 9.92. The highest BCUT2D eigenvalue weighted by atomic mass is 79.9. The van der Waals surface area contributed by atoms with E-state index in [-0.39, 0.29) is 17.7 Å². The third-order valence-corrected chi connectivity index (χ3v) is 8.47. The number of hydrogen-bond acceptors (Lipinski definition) is 8. The number of nitrogens with zero attached hydrogens (tertiary/aromatic N) is 3. The minimum Gasteiger partial charge on any atom is -0.493 e. The smallest absolute Gasteiger partial charge is 0.338 e. The Bertz CT molecular complexity index is 1860. The van der Waals surface area contributed by atoms with Crippen LogP contribution in [0.2, 0.25) is 0 Å². The number of carbonyl (C=O) groups is 1. The number of para-hydroxylation sites is 1. The Labute approximate surface area is 255 Å². The van der Waals surface area contributed by atoms with Crippen molar-refractivity contribution in [3.8, 4) is 11.5 Å². The summed E-state index contributed by atoms with van der Waals surface area (Å²) >= 11 is 4.90. The predicted octanol–water partition coefficient (Wildman–Crippen LogP) is 4.78. The molecule has 1 aliphatic rings. The fourth-order valence-electron chi connectivity index (χ4n) is 4.99. The lowest BCUT2D eigenvalue weighted by Gasteiger charge is -2.27. The van der Waals surface area contributed by atoms with Crippen molar-refractivity contribution in [1.82, 2.24) is 4.57 Å². The van der Waals surface area contributed by atoms with E-state index in [0.29, 0.717) is 32.1 Å². The molecule has 0 radical (unpaired) electrons. The molecule has 3 aromatic carbocycles. The Hall–Kier alpha value is -4.15. The summed E-state index contributed by atoms with van der Waals surface area (Å²) < 4.78 is 19.9. The molecule has 0 saturated heterocycles. The molecule has 2 heterocycles. The van der Waals surface area contributed by atoms with Crippen LogP contribution in [-0.2, 0) is 9.53 Å². The molecule has 0 aliphatic carbocycles. The summed E-state index contributed by atoms with van der Waals surface area (Å²) in [6, 6.07) is 19.9. The van der Waals surface area contributed by atoms with Gasteiger partial charge in [0, 0.05) is 29.7 Å². The van der Waals surface area contributed by atoms with Gasteiger partial charge in [0.1, 0.15) is 6.04 Å². The molecule has 42 heavy (non-hydrogen) atoms. The van der Waals surface area contributed by atoms with E-state index in [4.69, 9.17) is 19.2 Å². The number of hydrogen-bond donors (Lipinski definition) is 0. The first kappa shape index (κ1) is 29.3. The normalized spacial score (nSPS) is 14.7. The maximum Gasteiger partial charge on any atom is 0.338 e. The predicted molar refractivity (Wildman–Crippen MR) is 169 cm³/mol. The van der Waals surface area contributed by atoms with Gasteiger partial charge in [-0.3, -0.25) is 9.36 Å². The van der Waals surface area contributed by atoms with E-state index < -0.39 is 12.0 Å². The largest absolute Gasteiger partial charge is 0.493 e. The quantitative estimate of drug-likeness (QED) is 0.256. The Morgan fingerprint density at radius 3 is 2.48 bits per heavy atom. The third-order valence-electron chi connectivity index (χ3n) is 6.85. The van der Waals surface area contributed by atoms with Crippen molar-refractivity contribution in [3.63, 3.8) is 0 Å². The molecular weight excluding hydrogens is 618 g/mol. The van der Waals surface area contributed by atoms with Crippen LogP contribution in [0.3, 0.4) is 0 Å². The van der Waals surface area contributed by atoms with Gasteiger partial charge in [-0.2, -0.15) is 0 Å².